The number of nitrogens with zero attached hydrogens (tertiary/aromatic N) is 7. The summed E-state index contributed by atoms with van der Waals surface area (Å²) in [5.74, 6) is 1.09. The molecule has 5 rings (SSSR count). The Balaban J connectivity index is 1.73. The molecule has 3 aromatic rings. The van der Waals surface area contributed by atoms with Gasteiger partial charge in [0.2, 0.25) is 15.9 Å². The SMILES string of the molecule is Cc1nc(-c2nnc(C)o2)c2cc(S(=O)(=O)NC3(C#N)CC3)cc(N3CCN(C)CC3)c2n1. The molecule has 11 nitrogen and oxygen atoms in total. The number of aromatic nitrogens is 4. The van der Waals surface area contributed by atoms with Gasteiger partial charge in [0, 0.05) is 38.5 Å². The van der Waals surface area contributed by atoms with Gasteiger partial charge in [0.1, 0.15) is 17.1 Å². The minimum absolute atomic E-state index is 0.0513. The van der Waals surface area contributed by atoms with E-state index in [9.17, 15) is 13.7 Å². The van der Waals surface area contributed by atoms with Gasteiger partial charge in [0.15, 0.2) is 0 Å². The van der Waals surface area contributed by atoms with E-state index in [0.29, 0.717) is 46.8 Å². The Labute approximate surface area is 191 Å². The van der Waals surface area contributed by atoms with Crippen molar-refractivity contribution in [1.29, 1.82) is 5.26 Å². The number of nitrogens with one attached hydrogen (secondary N) is 1. The number of hydrogen-bond acceptors (Lipinski definition) is 10. The number of likely N-dealkylation sites (N-methyl/N-ethyl adjacent to an activating group) is 1. The van der Waals surface area contributed by atoms with Crippen LogP contribution in [0.25, 0.3) is 22.5 Å². The molecule has 172 valence electrons. The summed E-state index contributed by atoms with van der Waals surface area (Å²) in [6, 6.07) is 5.25. The average molecular weight is 469 g/mol. The number of anilines is 1. The number of sulfonamides is 1. The molecule has 12 heteroatoms. The predicted octanol–water partition coefficient (Wildman–Crippen LogP) is 1.38. The van der Waals surface area contributed by atoms with Crippen LogP contribution in [0.1, 0.15) is 24.6 Å². The molecule has 0 radical (unpaired) electrons. The van der Waals surface area contributed by atoms with E-state index in [1.165, 1.54) is 6.07 Å². The van der Waals surface area contributed by atoms with Crippen molar-refractivity contribution >= 4 is 26.6 Å². The van der Waals surface area contributed by atoms with Gasteiger partial charge in [0.25, 0.3) is 5.89 Å². The third-order valence-electron chi connectivity index (χ3n) is 6.04. The van der Waals surface area contributed by atoms with E-state index < -0.39 is 15.6 Å². The van der Waals surface area contributed by atoms with Crippen LogP contribution in [0.3, 0.4) is 0 Å². The van der Waals surface area contributed by atoms with Crippen LogP contribution in [0, 0.1) is 25.2 Å². The molecule has 0 atom stereocenters. The van der Waals surface area contributed by atoms with E-state index in [2.05, 4.69) is 47.8 Å². The molecule has 2 aliphatic rings. The van der Waals surface area contributed by atoms with Crippen LogP contribution in [-0.4, -0.2) is 72.2 Å². The largest absolute Gasteiger partial charge is 0.420 e. The van der Waals surface area contributed by atoms with Crippen molar-refractivity contribution in [2.75, 3.05) is 38.1 Å². The molecule has 0 bridgehead atoms. The van der Waals surface area contributed by atoms with Crippen molar-refractivity contribution in [3.63, 3.8) is 0 Å². The molecule has 3 heterocycles. The predicted molar refractivity (Wildman–Crippen MR) is 120 cm³/mol. The van der Waals surface area contributed by atoms with Crippen LogP contribution in [-0.2, 0) is 10.0 Å². The van der Waals surface area contributed by atoms with Gasteiger partial charge < -0.3 is 14.2 Å². The van der Waals surface area contributed by atoms with Crippen LogP contribution in [0.2, 0.25) is 0 Å². The van der Waals surface area contributed by atoms with Gasteiger partial charge in [-0.05, 0) is 38.9 Å². The second-order valence-electron chi connectivity index (χ2n) is 8.67. The number of rotatable bonds is 5. The van der Waals surface area contributed by atoms with Gasteiger partial charge >= 0.3 is 0 Å². The number of nitriles is 1. The Bertz CT molecular complexity index is 1380. The van der Waals surface area contributed by atoms with Gasteiger partial charge in [0.05, 0.1) is 22.2 Å². The second-order valence-corrected chi connectivity index (χ2v) is 10.4. The van der Waals surface area contributed by atoms with Crippen LogP contribution in [0.4, 0.5) is 5.69 Å². The third-order valence-corrected chi connectivity index (χ3v) is 7.56. The molecule has 1 N–H and O–H groups in total. The number of aryl methyl sites for hydroxylation is 2. The summed E-state index contributed by atoms with van der Waals surface area (Å²) < 4.78 is 34.8. The van der Waals surface area contributed by atoms with E-state index in [4.69, 9.17) is 4.42 Å². The fraction of sp³-hybridized carbons (Fsp3) is 0.476. The van der Waals surface area contributed by atoms with Crippen molar-refractivity contribution < 1.29 is 12.8 Å². The fourth-order valence-corrected chi connectivity index (χ4v) is 5.40. The Hall–Kier alpha value is -3.14. The summed E-state index contributed by atoms with van der Waals surface area (Å²) in [7, 11) is -1.91. The van der Waals surface area contributed by atoms with Crippen LogP contribution >= 0.6 is 0 Å². The molecule has 1 aromatic carbocycles. The molecule has 2 fully saturated rings. The van der Waals surface area contributed by atoms with E-state index in [1.54, 1.807) is 19.9 Å². The zero-order chi connectivity index (χ0) is 23.4. The highest BCUT2D eigenvalue weighted by Gasteiger charge is 2.47. The maximum absolute atomic E-state index is 13.3. The highest BCUT2D eigenvalue weighted by Crippen LogP contribution is 2.38. The molecule has 1 aliphatic carbocycles. The maximum atomic E-state index is 13.3. The van der Waals surface area contributed by atoms with Crippen molar-refractivity contribution in [2.24, 2.45) is 0 Å². The summed E-state index contributed by atoms with van der Waals surface area (Å²) in [6.07, 6.45) is 0.993. The summed E-state index contributed by atoms with van der Waals surface area (Å²) >= 11 is 0. The lowest BCUT2D eigenvalue weighted by molar-refractivity contribution is 0.313. The smallest absolute Gasteiger partial charge is 0.267 e. The Morgan fingerprint density at radius 3 is 2.45 bits per heavy atom. The van der Waals surface area contributed by atoms with Gasteiger partial charge in [-0.1, -0.05) is 0 Å². The lowest BCUT2D eigenvalue weighted by Crippen LogP contribution is -2.44. The third kappa shape index (κ3) is 4.03. The van der Waals surface area contributed by atoms with Crippen molar-refractivity contribution in [3.05, 3.63) is 23.8 Å². The number of benzene rings is 1. The molecule has 1 saturated heterocycles. The van der Waals surface area contributed by atoms with E-state index >= 15 is 0 Å². The van der Waals surface area contributed by atoms with E-state index in [1.807, 2.05) is 0 Å². The normalized spacial score (nSPS) is 18.4. The van der Waals surface area contributed by atoms with Crippen molar-refractivity contribution in [3.8, 4) is 17.7 Å². The fourth-order valence-electron chi connectivity index (χ4n) is 3.98. The summed E-state index contributed by atoms with van der Waals surface area (Å²) in [5.41, 5.74) is 0.675. The first-order valence-electron chi connectivity index (χ1n) is 10.7. The summed E-state index contributed by atoms with van der Waals surface area (Å²) in [4.78, 5) is 13.6. The summed E-state index contributed by atoms with van der Waals surface area (Å²) in [6.45, 7) is 6.59. The average Bonchev–Trinajstić information content (AvgIpc) is 3.41. The standard InChI is InChI=1S/C21H24N8O3S/c1-13-23-18-16(19(24-13)20-26-25-14(2)32-20)10-15(33(30,31)27-21(12-22)4-5-21)11-17(18)29-8-6-28(3)7-9-29/h10-11,27H,4-9H2,1-3H3. The number of hydrogen-bond donors (Lipinski definition) is 1. The van der Waals surface area contributed by atoms with E-state index in [0.717, 1.165) is 26.2 Å². The lowest BCUT2D eigenvalue weighted by Gasteiger charge is -2.34. The molecule has 0 amide bonds. The van der Waals surface area contributed by atoms with Crippen LogP contribution in [0.5, 0.6) is 0 Å². The first-order valence-corrected chi connectivity index (χ1v) is 12.2. The Morgan fingerprint density at radius 1 is 1.12 bits per heavy atom. The Kier molecular flexibility index (Phi) is 5.08. The van der Waals surface area contributed by atoms with Gasteiger partial charge in [-0.15, -0.1) is 10.2 Å². The number of piperazine rings is 1. The molecular formula is C21H24N8O3S. The molecule has 0 spiro atoms. The van der Waals surface area contributed by atoms with Gasteiger partial charge in [-0.25, -0.2) is 18.4 Å². The minimum Gasteiger partial charge on any atom is -0.420 e. The van der Waals surface area contributed by atoms with Gasteiger partial charge in [-0.3, -0.25) is 0 Å². The highest BCUT2D eigenvalue weighted by atomic mass is 32.2. The van der Waals surface area contributed by atoms with Crippen LogP contribution < -0.4 is 9.62 Å². The first-order chi connectivity index (χ1) is 15.7. The zero-order valence-electron chi connectivity index (χ0n) is 18.7. The topological polar surface area (TPSA) is 141 Å². The van der Waals surface area contributed by atoms with Crippen molar-refractivity contribution in [1.82, 2.24) is 29.8 Å². The number of fused-ring (bicyclic) bond motifs is 1. The highest BCUT2D eigenvalue weighted by molar-refractivity contribution is 7.89. The molecular weight excluding hydrogens is 444 g/mol. The first kappa shape index (κ1) is 21.7. The monoisotopic (exact) mass is 468 g/mol. The zero-order valence-corrected chi connectivity index (χ0v) is 19.5. The Morgan fingerprint density at radius 2 is 1.85 bits per heavy atom. The minimum atomic E-state index is -3.97. The maximum Gasteiger partial charge on any atom is 0.267 e. The molecule has 0 unspecified atom stereocenters. The summed E-state index contributed by atoms with van der Waals surface area (Å²) in [5, 5.41) is 17.9. The quantitative estimate of drug-likeness (QED) is 0.584. The lowest BCUT2D eigenvalue weighted by atomic mass is 10.1. The molecule has 2 aromatic heterocycles. The van der Waals surface area contributed by atoms with Gasteiger partial charge in [-0.2, -0.15) is 9.98 Å². The molecule has 1 aliphatic heterocycles. The van der Waals surface area contributed by atoms with E-state index in [-0.39, 0.29) is 10.8 Å². The molecule has 1 saturated carbocycles. The molecule has 33 heavy (non-hydrogen) atoms. The second kappa shape index (κ2) is 7.72. The van der Waals surface area contributed by atoms with Crippen LogP contribution in [0.15, 0.2) is 21.4 Å². The van der Waals surface area contributed by atoms with Crippen molar-refractivity contribution in [2.45, 2.75) is 37.1 Å².